The first-order valence-electron chi connectivity index (χ1n) is 9.16. The third-order valence-corrected chi connectivity index (χ3v) is 4.78. The lowest BCUT2D eigenvalue weighted by Crippen LogP contribution is -2.61. The van der Waals surface area contributed by atoms with E-state index in [2.05, 4.69) is 15.2 Å². The number of carbonyl (C=O) groups excluding carboxylic acids is 1. The van der Waals surface area contributed by atoms with Crippen LogP contribution in [0.3, 0.4) is 0 Å². The number of amides is 2. The molecule has 3 rings (SSSR count). The Hall–Kier alpha value is -1.82. The largest absolute Gasteiger partial charge is 0.366 e. The molecule has 0 atom stereocenters. The Morgan fingerprint density at radius 2 is 1.80 bits per heavy atom. The second kappa shape index (κ2) is 6.83. The fourth-order valence-corrected chi connectivity index (χ4v) is 3.99. The van der Waals surface area contributed by atoms with Crippen molar-refractivity contribution in [2.75, 3.05) is 31.1 Å². The first kappa shape index (κ1) is 18.0. The highest BCUT2D eigenvalue weighted by molar-refractivity contribution is 5.75. The van der Waals surface area contributed by atoms with Crippen molar-refractivity contribution in [3.05, 3.63) is 24.4 Å². The number of aromatic nitrogens is 1. The third kappa shape index (κ3) is 4.63. The summed E-state index contributed by atoms with van der Waals surface area (Å²) in [4.78, 5) is 21.3. The van der Waals surface area contributed by atoms with Gasteiger partial charge >= 0.3 is 6.03 Å². The van der Waals surface area contributed by atoms with Crippen LogP contribution in [0.4, 0.5) is 10.6 Å². The molecule has 2 aliphatic rings. The summed E-state index contributed by atoms with van der Waals surface area (Å²) >= 11 is 0. The van der Waals surface area contributed by atoms with Crippen LogP contribution in [0.5, 0.6) is 0 Å². The highest BCUT2D eigenvalue weighted by Gasteiger charge is 2.40. The molecule has 0 unspecified atom stereocenters. The Balaban J connectivity index is 1.52. The average Bonchev–Trinajstić information content (AvgIpc) is 2.53. The van der Waals surface area contributed by atoms with Crippen LogP contribution in [0.15, 0.2) is 24.4 Å². The summed E-state index contributed by atoms with van der Waals surface area (Å²) in [5, 5.41) is 3.22. The summed E-state index contributed by atoms with van der Waals surface area (Å²) in [6.07, 6.45) is 3.71. The van der Waals surface area contributed by atoms with Crippen molar-refractivity contribution in [3.8, 4) is 0 Å². The molecule has 1 aromatic heterocycles. The zero-order valence-electron chi connectivity index (χ0n) is 15.8. The van der Waals surface area contributed by atoms with Gasteiger partial charge in [-0.2, -0.15) is 0 Å². The van der Waals surface area contributed by atoms with Gasteiger partial charge in [0.1, 0.15) is 5.82 Å². The van der Waals surface area contributed by atoms with Crippen LogP contribution >= 0.6 is 0 Å². The summed E-state index contributed by atoms with van der Waals surface area (Å²) < 4.78 is 6.06. The number of pyridine rings is 1. The maximum atomic E-state index is 12.7. The predicted molar refractivity (Wildman–Crippen MR) is 98.8 cm³/mol. The van der Waals surface area contributed by atoms with Crippen molar-refractivity contribution in [2.24, 2.45) is 0 Å². The summed E-state index contributed by atoms with van der Waals surface area (Å²) in [5.41, 5.74) is -0.636. The number of hydrogen-bond acceptors (Lipinski definition) is 4. The van der Waals surface area contributed by atoms with Crippen molar-refractivity contribution in [1.29, 1.82) is 0 Å². The van der Waals surface area contributed by atoms with Gasteiger partial charge in [0.2, 0.25) is 0 Å². The van der Waals surface area contributed by atoms with E-state index in [-0.39, 0.29) is 23.3 Å². The van der Waals surface area contributed by atoms with E-state index in [0.717, 1.165) is 31.7 Å². The average molecular weight is 346 g/mol. The zero-order chi connectivity index (χ0) is 18.1. The van der Waals surface area contributed by atoms with Gasteiger partial charge in [-0.3, -0.25) is 0 Å². The van der Waals surface area contributed by atoms with Crippen molar-refractivity contribution in [1.82, 2.24) is 15.2 Å². The van der Waals surface area contributed by atoms with Gasteiger partial charge in [-0.15, -0.1) is 0 Å². The Kier molecular flexibility index (Phi) is 4.91. The van der Waals surface area contributed by atoms with Gasteiger partial charge in [-0.1, -0.05) is 6.07 Å². The van der Waals surface area contributed by atoms with Gasteiger partial charge in [-0.05, 0) is 52.7 Å². The highest BCUT2D eigenvalue weighted by Crippen LogP contribution is 2.28. The molecule has 25 heavy (non-hydrogen) atoms. The van der Waals surface area contributed by atoms with Crippen LogP contribution in [0.2, 0.25) is 0 Å². The number of urea groups is 1. The molecule has 0 saturated carbocycles. The lowest BCUT2D eigenvalue weighted by molar-refractivity contribution is -0.170. The minimum atomic E-state index is -0.318. The number of piperidine rings is 1. The first-order valence-corrected chi connectivity index (χ1v) is 9.16. The van der Waals surface area contributed by atoms with E-state index < -0.39 is 0 Å². The number of nitrogens with zero attached hydrogens (tertiary/aromatic N) is 3. The summed E-state index contributed by atoms with van der Waals surface area (Å²) in [5.74, 6) is 1.02. The number of morpholine rings is 1. The molecule has 3 heterocycles. The van der Waals surface area contributed by atoms with Crippen molar-refractivity contribution >= 4 is 11.8 Å². The molecular weight excluding hydrogens is 316 g/mol. The second-order valence-corrected chi connectivity index (χ2v) is 8.38. The van der Waals surface area contributed by atoms with E-state index in [9.17, 15) is 4.79 Å². The highest BCUT2D eigenvalue weighted by atomic mass is 16.5. The molecule has 0 spiro atoms. The molecular formula is C19H30N4O2. The quantitative estimate of drug-likeness (QED) is 0.894. The number of nitrogens with one attached hydrogen (secondary N) is 1. The maximum absolute atomic E-state index is 12.7. The molecule has 0 bridgehead atoms. The summed E-state index contributed by atoms with van der Waals surface area (Å²) in [6, 6.07) is 6.23. The van der Waals surface area contributed by atoms with Crippen LogP contribution in [0, 0.1) is 0 Å². The molecule has 6 nitrogen and oxygen atoms in total. The van der Waals surface area contributed by atoms with E-state index in [4.69, 9.17) is 4.74 Å². The Morgan fingerprint density at radius 3 is 2.36 bits per heavy atom. The number of rotatable bonds is 2. The molecule has 0 radical (unpaired) electrons. The Labute approximate surface area is 150 Å². The van der Waals surface area contributed by atoms with Gasteiger partial charge in [-0.25, -0.2) is 9.78 Å². The van der Waals surface area contributed by atoms with Crippen LogP contribution in [-0.2, 0) is 4.74 Å². The fraction of sp³-hybridized carbons (Fsp3) is 0.684. The van der Waals surface area contributed by atoms with Gasteiger partial charge in [0.25, 0.3) is 0 Å². The SMILES string of the molecule is CC1(C)CN(C(=O)NC2CCN(c3ccccn3)CC2)CC(C)(C)O1. The lowest BCUT2D eigenvalue weighted by atomic mass is 9.99. The number of ether oxygens (including phenoxy) is 1. The summed E-state index contributed by atoms with van der Waals surface area (Å²) in [7, 11) is 0. The van der Waals surface area contributed by atoms with E-state index in [1.165, 1.54) is 0 Å². The maximum Gasteiger partial charge on any atom is 0.317 e. The standard InChI is InChI=1S/C19H30N4O2/c1-18(2)13-23(14-19(3,4)25-18)17(24)21-15-8-11-22(12-9-15)16-7-5-6-10-20-16/h5-7,10,15H,8-9,11-14H2,1-4H3,(H,21,24). The molecule has 0 aliphatic carbocycles. The van der Waals surface area contributed by atoms with Gasteiger partial charge < -0.3 is 19.9 Å². The van der Waals surface area contributed by atoms with Crippen LogP contribution < -0.4 is 10.2 Å². The molecule has 2 saturated heterocycles. The first-order chi connectivity index (χ1) is 11.7. The monoisotopic (exact) mass is 346 g/mol. The molecule has 6 heteroatoms. The van der Waals surface area contributed by atoms with Crippen molar-refractivity contribution in [2.45, 2.75) is 57.8 Å². The zero-order valence-corrected chi connectivity index (χ0v) is 15.8. The van der Waals surface area contributed by atoms with Crippen LogP contribution in [-0.4, -0.2) is 59.3 Å². The van der Waals surface area contributed by atoms with Crippen LogP contribution in [0.1, 0.15) is 40.5 Å². The number of hydrogen-bond donors (Lipinski definition) is 1. The molecule has 2 fully saturated rings. The fourth-order valence-electron chi connectivity index (χ4n) is 3.99. The van der Waals surface area contributed by atoms with E-state index >= 15 is 0 Å². The lowest BCUT2D eigenvalue weighted by Gasteiger charge is -2.47. The Bertz CT molecular complexity index is 579. The number of carbonyl (C=O) groups is 1. The Morgan fingerprint density at radius 1 is 1.16 bits per heavy atom. The molecule has 1 aromatic rings. The van der Waals surface area contributed by atoms with Gasteiger partial charge in [0, 0.05) is 25.3 Å². The van der Waals surface area contributed by atoms with Crippen LogP contribution in [0.25, 0.3) is 0 Å². The molecule has 2 aliphatic heterocycles. The van der Waals surface area contributed by atoms with Gasteiger partial charge in [0.05, 0.1) is 24.3 Å². The second-order valence-electron chi connectivity index (χ2n) is 8.38. The molecule has 138 valence electrons. The minimum absolute atomic E-state index is 0.0285. The smallest absolute Gasteiger partial charge is 0.317 e. The normalized spacial score (nSPS) is 23.4. The summed E-state index contributed by atoms with van der Waals surface area (Å²) in [6.45, 7) is 11.2. The molecule has 0 aromatic carbocycles. The third-order valence-electron chi connectivity index (χ3n) is 4.78. The van der Waals surface area contributed by atoms with E-state index in [0.29, 0.717) is 13.1 Å². The van der Waals surface area contributed by atoms with Gasteiger partial charge in [0.15, 0.2) is 0 Å². The topological polar surface area (TPSA) is 57.7 Å². The predicted octanol–water partition coefficient (Wildman–Crippen LogP) is 2.65. The van der Waals surface area contributed by atoms with E-state index in [1.54, 1.807) is 0 Å². The van der Waals surface area contributed by atoms with E-state index in [1.807, 2.05) is 57.0 Å². The minimum Gasteiger partial charge on any atom is -0.366 e. The van der Waals surface area contributed by atoms with Crippen molar-refractivity contribution in [3.63, 3.8) is 0 Å². The molecule has 2 amide bonds. The number of anilines is 1. The molecule has 1 N–H and O–H groups in total. The van der Waals surface area contributed by atoms with Crippen molar-refractivity contribution < 1.29 is 9.53 Å².